The zero-order valence-electron chi connectivity index (χ0n) is 24.3. The Hall–Kier alpha value is -2.82. The van der Waals surface area contributed by atoms with Crippen LogP contribution in [0, 0.1) is 17.8 Å². The maximum Gasteiger partial charge on any atom is 0.416 e. The molecule has 2 aliphatic carbocycles. The van der Waals surface area contributed by atoms with Crippen molar-refractivity contribution in [2.45, 2.75) is 40.9 Å². The summed E-state index contributed by atoms with van der Waals surface area (Å²) in [7, 11) is 2.42. The Labute approximate surface area is 294 Å². The summed E-state index contributed by atoms with van der Waals surface area (Å²) in [6, 6.07) is 1.81. The molecule has 1 saturated carbocycles. The molecule has 6 rings (SSSR count). The van der Waals surface area contributed by atoms with E-state index in [0.29, 0.717) is 17.0 Å². The largest absolute Gasteiger partial charge is 0.503 e. The monoisotopic (exact) mass is 846 g/mol. The second kappa shape index (κ2) is 11.1. The third-order valence-electron chi connectivity index (χ3n) is 9.55. The van der Waals surface area contributed by atoms with Gasteiger partial charge in [-0.1, -0.05) is 11.6 Å². The van der Waals surface area contributed by atoms with Crippen LogP contribution in [-0.2, 0) is 31.5 Å². The van der Waals surface area contributed by atoms with Crippen LogP contribution in [0.1, 0.15) is 35.4 Å². The second-order valence-corrected chi connectivity index (χ2v) is 14.7. The van der Waals surface area contributed by atoms with Crippen LogP contribution >= 0.6 is 55.1 Å². The number of nitrogens with zero attached hydrogens (tertiary/aromatic N) is 2. The number of methoxy groups -OCH3 is 1. The molecule has 0 radical (unpaired) electrons. The minimum absolute atomic E-state index is 0.0714. The molecule has 2 aromatic carbocycles. The number of hydrogen-bond donors (Lipinski definition) is 1. The number of phenolic OH excluding ortho intramolecular Hbond substituents is 1. The first kappa shape index (κ1) is 35.0. The van der Waals surface area contributed by atoms with E-state index < -0.39 is 92.6 Å². The number of rotatable bonds is 3. The van der Waals surface area contributed by atoms with E-state index in [-0.39, 0.29) is 44.1 Å². The lowest BCUT2D eigenvalue weighted by molar-refractivity contribution is -0.143. The Morgan fingerprint density at radius 1 is 0.896 bits per heavy atom. The number of ether oxygens (including phenoxy) is 1. The average Bonchev–Trinajstić information content (AvgIpc) is 3.34. The lowest BCUT2D eigenvalue weighted by atomic mass is 9.56. The summed E-state index contributed by atoms with van der Waals surface area (Å²) in [5.74, 6) is -9.49. The second-order valence-electron chi connectivity index (χ2n) is 11.9. The maximum absolute atomic E-state index is 14.1. The topological polar surface area (TPSA) is 104 Å². The van der Waals surface area contributed by atoms with Gasteiger partial charge in [0.05, 0.1) is 40.2 Å². The number of alkyl halides is 8. The number of hydrogen-bond acceptors (Lipinski definition) is 6. The van der Waals surface area contributed by atoms with Crippen LogP contribution in [0.15, 0.2) is 44.9 Å². The molecule has 3 fully saturated rings. The molecule has 2 aromatic rings. The van der Waals surface area contributed by atoms with Gasteiger partial charge in [0.25, 0.3) is 11.8 Å². The number of anilines is 1. The summed E-state index contributed by atoms with van der Waals surface area (Å²) < 4.78 is 87.7. The zero-order valence-corrected chi connectivity index (χ0v) is 29.0. The molecule has 256 valence electrons. The molecule has 8 nitrogen and oxygen atoms in total. The van der Waals surface area contributed by atoms with Gasteiger partial charge in [0, 0.05) is 17.4 Å². The van der Waals surface area contributed by atoms with Crippen LogP contribution < -0.4 is 9.64 Å². The van der Waals surface area contributed by atoms with Gasteiger partial charge in [0.1, 0.15) is 0 Å². The Kier molecular flexibility index (Phi) is 8.09. The highest BCUT2D eigenvalue weighted by Crippen LogP contribution is 2.66. The summed E-state index contributed by atoms with van der Waals surface area (Å²) in [6.45, 7) is 0. The number of carbonyl (C=O) groups is 4. The summed E-state index contributed by atoms with van der Waals surface area (Å²) in [5.41, 5.74) is -3.91. The van der Waals surface area contributed by atoms with Crippen LogP contribution in [-0.4, -0.2) is 57.5 Å². The zero-order chi connectivity index (χ0) is 35.6. The molecule has 0 spiro atoms. The van der Waals surface area contributed by atoms with Gasteiger partial charge in [-0.25, -0.2) is 4.90 Å². The predicted octanol–water partition coefficient (Wildman–Crippen LogP) is 7.16. The van der Waals surface area contributed by atoms with Crippen molar-refractivity contribution in [2.24, 2.45) is 17.8 Å². The third kappa shape index (κ3) is 4.68. The molecule has 0 aromatic heterocycles. The first-order chi connectivity index (χ1) is 22.1. The highest BCUT2D eigenvalue weighted by atomic mass is 79.9. The lowest BCUT2D eigenvalue weighted by Crippen LogP contribution is -2.60. The standard InChI is InChI=1S/C30H20Br2Cl2F6N2O6/c1-41-25(46)27(33)9-16-13(19(28(27,34)26(41)47)15-8-17(48-2)22(43)21(32)20(15)31)3-4-14-18(16)24(45)42(23(14)44)12-6-10(29(35,36)37)5-11(7-12)30(38,39)40/h3,5-8,14,16,18-19,43H,4,9H2,1-2H3/t14-,16+,18-,19+,27+,28-/m0/s1. The summed E-state index contributed by atoms with van der Waals surface area (Å²) in [4.78, 5) is 51.9. The highest BCUT2D eigenvalue weighted by Gasteiger charge is 2.76. The van der Waals surface area contributed by atoms with E-state index in [1.165, 1.54) is 19.3 Å². The summed E-state index contributed by atoms with van der Waals surface area (Å²) >= 11 is 20.9. The summed E-state index contributed by atoms with van der Waals surface area (Å²) in [5, 5.41) is 10.6. The molecule has 18 heteroatoms. The SMILES string of the molecule is COc1cc([C@H]2C3=CC[C@@H]4C(=O)N(c5cc(C(F)(F)F)cc(C(F)(F)F)c5)C(=O)[C@@H]4[C@@H]3C[C@@]3(Cl)C(=O)N(C)C(=O)[C@@]23Cl)c(Br)c(Br)c1O. The fourth-order valence-corrected chi connectivity index (χ4v) is 9.36. The smallest absolute Gasteiger partial charge is 0.416 e. The molecule has 2 heterocycles. The van der Waals surface area contributed by atoms with Gasteiger partial charge in [0.2, 0.25) is 11.8 Å². The van der Waals surface area contributed by atoms with Gasteiger partial charge in [-0.2, -0.15) is 26.3 Å². The number of halogens is 10. The van der Waals surface area contributed by atoms with E-state index in [1.54, 1.807) is 0 Å². The Morgan fingerprint density at radius 3 is 2.02 bits per heavy atom. The molecule has 2 saturated heterocycles. The molecule has 48 heavy (non-hydrogen) atoms. The molecule has 0 unspecified atom stereocenters. The Balaban J connectivity index is 1.54. The fourth-order valence-electron chi connectivity index (χ4n) is 7.39. The van der Waals surface area contributed by atoms with Crippen LogP contribution in [0.4, 0.5) is 32.0 Å². The molecule has 1 N–H and O–H groups in total. The van der Waals surface area contributed by atoms with E-state index in [9.17, 15) is 50.6 Å². The Bertz CT molecular complexity index is 1840. The van der Waals surface area contributed by atoms with E-state index in [0.717, 1.165) is 11.9 Å². The first-order valence-electron chi connectivity index (χ1n) is 13.9. The number of allylic oxidation sites excluding steroid dienone is 2. The average molecular weight is 849 g/mol. The third-order valence-corrected chi connectivity index (χ3v) is 13.1. The van der Waals surface area contributed by atoms with Crippen LogP contribution in [0.3, 0.4) is 0 Å². The van der Waals surface area contributed by atoms with Crippen LogP contribution in [0.5, 0.6) is 11.5 Å². The van der Waals surface area contributed by atoms with Gasteiger partial charge in [-0.05, 0) is 80.4 Å². The van der Waals surface area contributed by atoms with Crippen LogP contribution in [0.2, 0.25) is 0 Å². The van der Waals surface area contributed by atoms with Crippen molar-refractivity contribution in [1.29, 1.82) is 0 Å². The van der Waals surface area contributed by atoms with Crippen molar-refractivity contribution < 1.29 is 55.4 Å². The van der Waals surface area contributed by atoms with E-state index in [2.05, 4.69) is 31.9 Å². The van der Waals surface area contributed by atoms with Gasteiger partial charge in [-0.3, -0.25) is 24.1 Å². The molecule has 6 atom stereocenters. The number of likely N-dealkylation sites (tertiary alicyclic amines) is 1. The van der Waals surface area contributed by atoms with Gasteiger partial charge in [0.15, 0.2) is 21.2 Å². The van der Waals surface area contributed by atoms with Gasteiger partial charge < -0.3 is 9.84 Å². The maximum atomic E-state index is 14.1. The number of phenols is 1. The predicted molar refractivity (Wildman–Crippen MR) is 164 cm³/mol. The number of amides is 4. The van der Waals surface area contributed by atoms with Crippen molar-refractivity contribution in [1.82, 2.24) is 4.90 Å². The lowest BCUT2D eigenvalue weighted by Gasteiger charge is -2.51. The molecule has 2 aliphatic heterocycles. The first-order valence-corrected chi connectivity index (χ1v) is 16.3. The summed E-state index contributed by atoms with van der Waals surface area (Å²) in [6.07, 6.45) is -9.67. The van der Waals surface area contributed by atoms with Gasteiger partial charge in [-0.15, -0.1) is 23.2 Å². The van der Waals surface area contributed by atoms with E-state index in [1.807, 2.05) is 0 Å². The van der Waals surface area contributed by atoms with Crippen LogP contribution in [0.25, 0.3) is 0 Å². The fraction of sp³-hybridized carbons (Fsp3) is 0.400. The van der Waals surface area contributed by atoms with Crippen molar-refractivity contribution in [3.8, 4) is 11.5 Å². The van der Waals surface area contributed by atoms with E-state index in [4.69, 9.17) is 27.9 Å². The van der Waals surface area contributed by atoms with Crippen molar-refractivity contribution in [2.75, 3.05) is 19.1 Å². The van der Waals surface area contributed by atoms with Gasteiger partial charge >= 0.3 is 12.4 Å². The number of carbonyl (C=O) groups excluding carboxylic acids is 4. The number of benzene rings is 2. The molecular weight excluding hydrogens is 829 g/mol. The number of fused-ring (bicyclic) bond motifs is 4. The normalized spacial score (nSPS) is 30.4. The van der Waals surface area contributed by atoms with Crippen molar-refractivity contribution in [3.63, 3.8) is 0 Å². The molecule has 4 amide bonds. The molecule has 0 bridgehead atoms. The quantitative estimate of drug-likeness (QED) is 0.152. The molecule has 4 aliphatic rings. The minimum atomic E-state index is -5.25. The Morgan fingerprint density at radius 2 is 1.48 bits per heavy atom. The highest BCUT2D eigenvalue weighted by molar-refractivity contribution is 9.13. The molecular formula is C30H20Br2Cl2F6N2O6. The number of imide groups is 2. The van der Waals surface area contributed by atoms with Crippen molar-refractivity contribution >= 4 is 84.4 Å². The number of aromatic hydroxyl groups is 1. The van der Waals surface area contributed by atoms with E-state index >= 15 is 0 Å². The van der Waals surface area contributed by atoms with Crippen molar-refractivity contribution in [3.05, 3.63) is 61.6 Å². The minimum Gasteiger partial charge on any atom is -0.503 e.